The minimum Gasteiger partial charge on any atom is -0.466 e. The van der Waals surface area contributed by atoms with Crippen LogP contribution in [0.1, 0.15) is 5.56 Å². The molecule has 2 N–H and O–H groups in total. The number of amides is 1. The molecule has 3 rings (SSSR count). The number of carbonyl (C=O) groups is 2. The van der Waals surface area contributed by atoms with Crippen LogP contribution in [0.3, 0.4) is 0 Å². The molecule has 0 radical (unpaired) electrons. The van der Waals surface area contributed by atoms with Gasteiger partial charge < -0.3 is 20.1 Å². The van der Waals surface area contributed by atoms with Gasteiger partial charge in [0.1, 0.15) is 11.5 Å². The van der Waals surface area contributed by atoms with Gasteiger partial charge in [0.05, 0.1) is 43.4 Å². The van der Waals surface area contributed by atoms with Crippen molar-refractivity contribution in [3.63, 3.8) is 0 Å². The van der Waals surface area contributed by atoms with Crippen molar-refractivity contribution >= 4 is 17.6 Å². The molecule has 0 saturated heterocycles. The Labute approximate surface area is 154 Å². The van der Waals surface area contributed by atoms with E-state index in [-0.39, 0.29) is 36.7 Å². The topological polar surface area (TPSA) is 96.7 Å². The molecule has 1 aliphatic rings. The van der Waals surface area contributed by atoms with E-state index in [1.807, 2.05) is 6.92 Å². The summed E-state index contributed by atoms with van der Waals surface area (Å²) in [5, 5.41) is 16.2. The summed E-state index contributed by atoms with van der Waals surface area (Å²) in [5.41, 5.74) is 1.79. The summed E-state index contributed by atoms with van der Waals surface area (Å²) in [7, 11) is 1.21. The number of nitrogens with zero attached hydrogens (tertiary/aromatic N) is 3. The predicted octanol–water partition coefficient (Wildman–Crippen LogP) is 0.993. The van der Waals surface area contributed by atoms with Gasteiger partial charge in [0, 0.05) is 12.7 Å². The van der Waals surface area contributed by atoms with Gasteiger partial charge in [0.15, 0.2) is 0 Å². The number of hydrogen-bond acceptors (Lipinski definition) is 6. The fraction of sp³-hybridized carbons (Fsp3) is 0.278. The molecular formula is C18H19FN4O4. The van der Waals surface area contributed by atoms with Crippen LogP contribution in [0.15, 0.2) is 41.9 Å². The number of aliphatic hydroxyl groups excluding tert-OH is 1. The van der Waals surface area contributed by atoms with E-state index in [0.717, 1.165) is 5.56 Å². The third-order valence-corrected chi connectivity index (χ3v) is 4.13. The smallest absolute Gasteiger partial charge is 0.337 e. The number of esters is 1. The zero-order chi connectivity index (χ0) is 19.6. The first-order chi connectivity index (χ1) is 12.9. The largest absolute Gasteiger partial charge is 0.466 e. The van der Waals surface area contributed by atoms with Crippen LogP contribution in [0.2, 0.25) is 0 Å². The van der Waals surface area contributed by atoms with E-state index in [2.05, 4.69) is 10.4 Å². The van der Waals surface area contributed by atoms with Crippen molar-refractivity contribution in [1.29, 1.82) is 0 Å². The normalized spacial score (nSPS) is 14.1. The maximum atomic E-state index is 13.9. The van der Waals surface area contributed by atoms with Crippen molar-refractivity contribution in [3.05, 3.63) is 53.2 Å². The number of ether oxygens (including phenoxy) is 1. The van der Waals surface area contributed by atoms with Crippen LogP contribution in [0.4, 0.5) is 10.1 Å². The molecule has 2 heterocycles. The zero-order valence-electron chi connectivity index (χ0n) is 14.9. The first-order valence-electron chi connectivity index (χ1n) is 8.24. The molecule has 1 amide bonds. The van der Waals surface area contributed by atoms with Crippen molar-refractivity contribution < 1.29 is 23.8 Å². The standard InChI is InChI=1S/C18H19FN4O4/c1-11-8-20-23(9-11)15-4-3-12(19)7-14(15)21-16-13(18(26)27-2)10-22(5-6-24)17(16)25/h3-4,7-9,21,24H,5-6,10H2,1-2H3. The van der Waals surface area contributed by atoms with Crippen molar-refractivity contribution in [1.82, 2.24) is 14.7 Å². The number of β-amino-alcohol motifs (C(OH)–C–C–N with tert-alkyl or cyclic N) is 1. The maximum absolute atomic E-state index is 13.9. The van der Waals surface area contributed by atoms with Gasteiger partial charge in [-0.25, -0.2) is 13.9 Å². The fourth-order valence-corrected chi connectivity index (χ4v) is 2.84. The molecule has 0 unspecified atom stereocenters. The van der Waals surface area contributed by atoms with Crippen LogP contribution in [0.5, 0.6) is 0 Å². The molecule has 0 fully saturated rings. The number of anilines is 1. The minimum atomic E-state index is -0.667. The predicted molar refractivity (Wildman–Crippen MR) is 94.6 cm³/mol. The van der Waals surface area contributed by atoms with Gasteiger partial charge in [-0.3, -0.25) is 4.79 Å². The van der Waals surface area contributed by atoms with Crippen molar-refractivity contribution in [2.75, 3.05) is 32.1 Å². The zero-order valence-corrected chi connectivity index (χ0v) is 14.9. The van der Waals surface area contributed by atoms with E-state index in [0.29, 0.717) is 5.69 Å². The molecule has 0 bridgehead atoms. The van der Waals surface area contributed by atoms with Crippen LogP contribution >= 0.6 is 0 Å². The number of aromatic nitrogens is 2. The average molecular weight is 374 g/mol. The Morgan fingerprint density at radius 2 is 2.22 bits per heavy atom. The Morgan fingerprint density at radius 3 is 2.85 bits per heavy atom. The Kier molecular flexibility index (Phi) is 5.22. The Balaban J connectivity index is 2.03. The van der Waals surface area contributed by atoms with Crippen molar-refractivity contribution in [2.24, 2.45) is 0 Å². The highest BCUT2D eigenvalue weighted by Crippen LogP contribution is 2.27. The highest BCUT2D eigenvalue weighted by molar-refractivity contribution is 6.08. The summed E-state index contributed by atoms with van der Waals surface area (Å²) in [4.78, 5) is 26.0. The van der Waals surface area contributed by atoms with E-state index in [1.165, 1.54) is 30.2 Å². The van der Waals surface area contributed by atoms with E-state index >= 15 is 0 Å². The molecule has 2 aromatic rings. The maximum Gasteiger partial charge on any atom is 0.337 e. The molecule has 9 heteroatoms. The quantitative estimate of drug-likeness (QED) is 0.732. The molecule has 0 aliphatic carbocycles. The fourth-order valence-electron chi connectivity index (χ4n) is 2.84. The Hall–Kier alpha value is -3.20. The second-order valence-electron chi connectivity index (χ2n) is 6.04. The Morgan fingerprint density at radius 1 is 1.44 bits per heavy atom. The van der Waals surface area contributed by atoms with Crippen LogP contribution in [0.25, 0.3) is 5.69 Å². The van der Waals surface area contributed by atoms with Crippen molar-refractivity contribution in [2.45, 2.75) is 6.92 Å². The lowest BCUT2D eigenvalue weighted by Gasteiger charge is -2.16. The van der Waals surface area contributed by atoms with Gasteiger partial charge >= 0.3 is 5.97 Å². The summed E-state index contributed by atoms with van der Waals surface area (Å²) >= 11 is 0. The third kappa shape index (κ3) is 3.68. The first kappa shape index (κ1) is 18.6. The number of carbonyl (C=O) groups excluding carboxylic acids is 2. The highest BCUT2D eigenvalue weighted by Gasteiger charge is 2.34. The molecule has 142 valence electrons. The number of halogens is 1. The molecule has 27 heavy (non-hydrogen) atoms. The summed E-state index contributed by atoms with van der Waals surface area (Å²) in [6.07, 6.45) is 3.40. The van der Waals surface area contributed by atoms with Crippen molar-refractivity contribution in [3.8, 4) is 5.69 Å². The average Bonchev–Trinajstić information content (AvgIpc) is 3.20. The van der Waals surface area contributed by atoms with Crippen LogP contribution in [-0.2, 0) is 14.3 Å². The summed E-state index contributed by atoms with van der Waals surface area (Å²) in [5.74, 6) is -1.65. The lowest BCUT2D eigenvalue weighted by atomic mass is 10.2. The number of rotatable bonds is 6. The van der Waals surface area contributed by atoms with Crippen LogP contribution in [-0.4, -0.2) is 58.5 Å². The number of nitrogens with one attached hydrogen (secondary N) is 1. The third-order valence-electron chi connectivity index (χ3n) is 4.13. The van der Waals surface area contributed by atoms with Gasteiger partial charge in [-0.2, -0.15) is 5.10 Å². The molecule has 0 atom stereocenters. The molecule has 1 aromatic carbocycles. The molecular weight excluding hydrogens is 355 g/mol. The molecule has 1 aliphatic heterocycles. The number of methoxy groups -OCH3 is 1. The first-order valence-corrected chi connectivity index (χ1v) is 8.24. The minimum absolute atomic E-state index is 0.0000724. The summed E-state index contributed by atoms with van der Waals surface area (Å²) < 4.78 is 20.1. The van der Waals surface area contributed by atoms with Gasteiger partial charge in [-0.1, -0.05) is 0 Å². The highest BCUT2D eigenvalue weighted by atomic mass is 19.1. The second-order valence-corrected chi connectivity index (χ2v) is 6.04. The van der Waals surface area contributed by atoms with Crippen LogP contribution in [0, 0.1) is 12.7 Å². The lowest BCUT2D eigenvalue weighted by molar-refractivity contribution is -0.136. The summed E-state index contributed by atoms with van der Waals surface area (Å²) in [6, 6.07) is 4.02. The van der Waals surface area contributed by atoms with Gasteiger partial charge in [-0.05, 0) is 30.7 Å². The van der Waals surface area contributed by atoms with E-state index in [1.54, 1.807) is 17.1 Å². The molecule has 0 spiro atoms. The molecule has 0 saturated carbocycles. The summed E-state index contributed by atoms with van der Waals surface area (Å²) in [6.45, 7) is 1.69. The monoisotopic (exact) mass is 374 g/mol. The van der Waals surface area contributed by atoms with E-state index in [4.69, 9.17) is 9.84 Å². The van der Waals surface area contributed by atoms with E-state index in [9.17, 15) is 14.0 Å². The molecule has 8 nitrogen and oxygen atoms in total. The lowest BCUT2D eigenvalue weighted by Crippen LogP contribution is -2.31. The number of aliphatic hydroxyl groups is 1. The van der Waals surface area contributed by atoms with E-state index < -0.39 is 17.7 Å². The van der Waals surface area contributed by atoms with Crippen LogP contribution < -0.4 is 5.32 Å². The van der Waals surface area contributed by atoms with Gasteiger partial charge in [-0.15, -0.1) is 0 Å². The van der Waals surface area contributed by atoms with Gasteiger partial charge in [0.25, 0.3) is 5.91 Å². The SMILES string of the molecule is COC(=O)C1=C(Nc2cc(F)ccc2-n2cc(C)cn2)C(=O)N(CCO)C1. The number of benzene rings is 1. The number of aryl methyl sites for hydroxylation is 1. The second kappa shape index (κ2) is 7.58. The molecule has 1 aromatic heterocycles. The number of hydrogen-bond donors (Lipinski definition) is 2. The Bertz CT molecular complexity index is 922. The van der Waals surface area contributed by atoms with Gasteiger partial charge in [0.2, 0.25) is 0 Å².